The molecule has 1 aliphatic heterocycles. The van der Waals surface area contributed by atoms with Crippen LogP contribution in [0.5, 0.6) is 0 Å². The van der Waals surface area contributed by atoms with E-state index in [0.717, 1.165) is 13.0 Å². The van der Waals surface area contributed by atoms with Crippen LogP contribution in [0.25, 0.3) is 0 Å². The predicted octanol–water partition coefficient (Wildman–Crippen LogP) is 1.80. The van der Waals surface area contributed by atoms with E-state index >= 15 is 0 Å². The summed E-state index contributed by atoms with van der Waals surface area (Å²) in [5.41, 5.74) is 0. The van der Waals surface area contributed by atoms with E-state index in [1.807, 2.05) is 0 Å². The molecule has 0 saturated carbocycles. The summed E-state index contributed by atoms with van der Waals surface area (Å²) in [5.74, 6) is 1.12. The van der Waals surface area contributed by atoms with Crippen molar-refractivity contribution in [3.8, 4) is 0 Å². The Morgan fingerprint density at radius 1 is 1.78 bits per heavy atom. The molecule has 0 bridgehead atoms. The van der Waals surface area contributed by atoms with Crippen molar-refractivity contribution in [1.82, 2.24) is 0 Å². The van der Waals surface area contributed by atoms with Gasteiger partial charge in [-0.25, -0.2) is 0 Å². The third-order valence-corrected chi connectivity index (χ3v) is 1.66. The van der Waals surface area contributed by atoms with Gasteiger partial charge in [0.1, 0.15) is 0 Å². The first-order chi connectivity index (χ1) is 4.33. The number of ether oxygens (including phenoxy) is 1. The highest BCUT2D eigenvalue weighted by Gasteiger charge is 2.19. The van der Waals surface area contributed by atoms with Gasteiger partial charge < -0.3 is 4.74 Å². The molecule has 0 amide bonds. The molecule has 0 aromatic heterocycles. The molecule has 1 rings (SSSR count). The van der Waals surface area contributed by atoms with Crippen LogP contribution in [-0.4, -0.2) is 12.5 Å². The Labute approximate surface area is 55.7 Å². The Kier molecular flexibility index (Phi) is 2.09. The van der Waals surface area contributed by atoms with Crippen molar-refractivity contribution in [2.24, 2.45) is 5.92 Å². The zero-order chi connectivity index (χ0) is 6.69. The third-order valence-electron chi connectivity index (χ3n) is 1.66. The Bertz CT molecular complexity index is 111. The summed E-state index contributed by atoms with van der Waals surface area (Å²) in [6.45, 7) is 2.95. The molecule has 0 unspecified atom stereocenters. The average Bonchev–Trinajstić information content (AvgIpc) is 2.17. The monoisotopic (exact) mass is 127 g/mol. The van der Waals surface area contributed by atoms with E-state index < -0.39 is 0 Å². The lowest BCUT2D eigenvalue weighted by Crippen LogP contribution is -1.96. The molecule has 0 aromatic rings. The molecule has 0 aliphatic carbocycles. The highest BCUT2D eigenvalue weighted by Crippen LogP contribution is 2.18. The van der Waals surface area contributed by atoms with Gasteiger partial charge in [-0.05, 0) is 6.42 Å². The molecule has 1 saturated heterocycles. The number of hydrogen-bond acceptors (Lipinski definition) is 2. The maximum atomic E-state index is 7.14. The van der Waals surface area contributed by atoms with Gasteiger partial charge in [0.05, 0.1) is 6.61 Å². The molecule has 9 heavy (non-hydrogen) atoms. The minimum Gasteiger partial charge on any atom is -0.481 e. The van der Waals surface area contributed by atoms with Crippen LogP contribution in [-0.2, 0) is 4.74 Å². The molecule has 0 spiro atoms. The zero-order valence-electron chi connectivity index (χ0n) is 5.81. The van der Waals surface area contributed by atoms with Crippen molar-refractivity contribution in [1.29, 1.82) is 5.41 Å². The minimum absolute atomic E-state index is 0.480. The van der Waals surface area contributed by atoms with Gasteiger partial charge in [0, 0.05) is 12.3 Å². The first kappa shape index (κ1) is 6.59. The lowest BCUT2D eigenvalue weighted by atomic mass is 10.0. The van der Waals surface area contributed by atoms with E-state index in [1.54, 1.807) is 0 Å². The summed E-state index contributed by atoms with van der Waals surface area (Å²) in [7, 11) is 0. The van der Waals surface area contributed by atoms with Crippen molar-refractivity contribution in [2.75, 3.05) is 6.61 Å². The van der Waals surface area contributed by atoms with Crippen molar-refractivity contribution in [3.63, 3.8) is 0 Å². The van der Waals surface area contributed by atoms with Crippen LogP contribution in [0.15, 0.2) is 0 Å². The van der Waals surface area contributed by atoms with Gasteiger partial charge in [-0.15, -0.1) is 0 Å². The van der Waals surface area contributed by atoms with E-state index in [2.05, 4.69) is 6.92 Å². The van der Waals surface area contributed by atoms with E-state index in [-0.39, 0.29) is 0 Å². The number of hydrogen-bond donors (Lipinski definition) is 1. The molecule has 0 radical (unpaired) electrons. The number of rotatable bonds is 2. The van der Waals surface area contributed by atoms with E-state index in [0.29, 0.717) is 11.8 Å². The van der Waals surface area contributed by atoms with Crippen LogP contribution >= 0.6 is 0 Å². The SMILES string of the molecule is CCC[C@H]1COC(=N)C1. The van der Waals surface area contributed by atoms with Crippen molar-refractivity contribution in [2.45, 2.75) is 26.2 Å². The fourth-order valence-electron chi connectivity index (χ4n) is 1.19. The maximum Gasteiger partial charge on any atom is 0.180 e. The molecule has 1 atom stereocenters. The third kappa shape index (κ3) is 1.70. The van der Waals surface area contributed by atoms with Gasteiger partial charge in [0.25, 0.3) is 0 Å². The van der Waals surface area contributed by atoms with Crippen LogP contribution < -0.4 is 0 Å². The highest BCUT2D eigenvalue weighted by molar-refractivity contribution is 5.74. The van der Waals surface area contributed by atoms with Gasteiger partial charge in [-0.1, -0.05) is 13.3 Å². The fourth-order valence-corrected chi connectivity index (χ4v) is 1.19. The molecule has 1 heterocycles. The zero-order valence-corrected chi connectivity index (χ0v) is 5.81. The normalized spacial score (nSPS) is 26.3. The minimum atomic E-state index is 0.480. The Morgan fingerprint density at radius 3 is 3.00 bits per heavy atom. The molecule has 2 nitrogen and oxygen atoms in total. The second kappa shape index (κ2) is 2.85. The molecular formula is C7H13NO. The highest BCUT2D eigenvalue weighted by atomic mass is 16.5. The van der Waals surface area contributed by atoms with E-state index in [4.69, 9.17) is 10.1 Å². The Balaban J connectivity index is 2.22. The summed E-state index contributed by atoms with van der Waals surface area (Å²) in [6.07, 6.45) is 3.29. The topological polar surface area (TPSA) is 33.1 Å². The van der Waals surface area contributed by atoms with Gasteiger partial charge in [0.2, 0.25) is 0 Å². The predicted molar refractivity (Wildman–Crippen MR) is 36.7 cm³/mol. The molecule has 2 heteroatoms. The average molecular weight is 127 g/mol. The van der Waals surface area contributed by atoms with Crippen molar-refractivity contribution < 1.29 is 4.74 Å². The van der Waals surface area contributed by atoms with E-state index in [1.165, 1.54) is 12.8 Å². The second-order valence-corrected chi connectivity index (χ2v) is 2.59. The number of nitrogens with one attached hydrogen (secondary N) is 1. The van der Waals surface area contributed by atoms with Crippen LogP contribution in [0.2, 0.25) is 0 Å². The van der Waals surface area contributed by atoms with Gasteiger partial charge in [-0.2, -0.15) is 0 Å². The summed E-state index contributed by atoms with van der Waals surface area (Å²) >= 11 is 0. The molecule has 1 aliphatic rings. The maximum absolute atomic E-state index is 7.14. The summed E-state index contributed by atoms with van der Waals surface area (Å²) < 4.78 is 5.00. The van der Waals surface area contributed by atoms with Crippen molar-refractivity contribution >= 4 is 5.90 Å². The molecular weight excluding hydrogens is 114 g/mol. The van der Waals surface area contributed by atoms with Crippen LogP contribution in [0.4, 0.5) is 0 Å². The van der Waals surface area contributed by atoms with Crippen LogP contribution in [0.1, 0.15) is 26.2 Å². The Morgan fingerprint density at radius 2 is 2.56 bits per heavy atom. The Hall–Kier alpha value is -0.530. The van der Waals surface area contributed by atoms with Crippen LogP contribution in [0, 0.1) is 11.3 Å². The smallest absolute Gasteiger partial charge is 0.180 e. The lowest BCUT2D eigenvalue weighted by molar-refractivity contribution is 0.290. The largest absolute Gasteiger partial charge is 0.481 e. The van der Waals surface area contributed by atoms with Crippen LogP contribution in [0.3, 0.4) is 0 Å². The molecule has 0 aromatic carbocycles. The molecule has 1 fully saturated rings. The van der Waals surface area contributed by atoms with Gasteiger partial charge in [-0.3, -0.25) is 5.41 Å². The van der Waals surface area contributed by atoms with Crippen molar-refractivity contribution in [3.05, 3.63) is 0 Å². The van der Waals surface area contributed by atoms with Gasteiger partial charge in [0.15, 0.2) is 5.90 Å². The lowest BCUT2D eigenvalue weighted by Gasteiger charge is -2.00. The molecule has 52 valence electrons. The van der Waals surface area contributed by atoms with Gasteiger partial charge >= 0.3 is 0 Å². The molecule has 1 N–H and O–H groups in total. The standard InChI is InChI=1S/C7H13NO/c1-2-3-6-4-7(8)9-5-6/h6,8H,2-5H2,1H3/t6-/m1/s1. The summed E-state index contributed by atoms with van der Waals surface area (Å²) in [5, 5.41) is 7.14. The fraction of sp³-hybridized carbons (Fsp3) is 0.857. The summed E-state index contributed by atoms with van der Waals surface area (Å²) in [4.78, 5) is 0. The first-order valence-electron chi connectivity index (χ1n) is 3.53. The first-order valence-corrected chi connectivity index (χ1v) is 3.53. The second-order valence-electron chi connectivity index (χ2n) is 2.59. The quantitative estimate of drug-likeness (QED) is 0.602. The van der Waals surface area contributed by atoms with E-state index in [9.17, 15) is 0 Å². The summed E-state index contributed by atoms with van der Waals surface area (Å²) in [6, 6.07) is 0.